The number of amides is 3. The van der Waals surface area contributed by atoms with Crippen LogP contribution in [0.4, 0.5) is 16.2 Å². The first-order valence-electron chi connectivity index (χ1n) is 10.9. The predicted octanol–water partition coefficient (Wildman–Crippen LogP) is 3.64. The van der Waals surface area contributed by atoms with Gasteiger partial charge < -0.3 is 15.5 Å². The van der Waals surface area contributed by atoms with Crippen molar-refractivity contribution in [2.45, 2.75) is 38.1 Å². The number of likely N-dealkylation sites (tertiary alicyclic amines) is 1. The summed E-state index contributed by atoms with van der Waals surface area (Å²) in [5.74, 6) is 0.155. The van der Waals surface area contributed by atoms with Crippen LogP contribution < -0.4 is 15.5 Å². The smallest absolute Gasteiger partial charge is 0.319 e. The fourth-order valence-corrected chi connectivity index (χ4v) is 4.46. The summed E-state index contributed by atoms with van der Waals surface area (Å²) in [5.41, 5.74) is 3.09. The van der Waals surface area contributed by atoms with Crippen LogP contribution in [-0.4, -0.2) is 49.1 Å². The van der Waals surface area contributed by atoms with Gasteiger partial charge in [-0.25, -0.2) is 4.79 Å². The van der Waals surface area contributed by atoms with E-state index in [1.54, 1.807) is 0 Å². The first-order valence-corrected chi connectivity index (χ1v) is 10.9. The monoisotopic (exact) mass is 406 g/mol. The maximum absolute atomic E-state index is 13.1. The van der Waals surface area contributed by atoms with E-state index in [2.05, 4.69) is 27.7 Å². The van der Waals surface area contributed by atoms with Gasteiger partial charge in [-0.05, 0) is 56.0 Å². The Labute approximate surface area is 178 Å². The lowest BCUT2D eigenvalue weighted by molar-refractivity contribution is -0.120. The van der Waals surface area contributed by atoms with Crippen molar-refractivity contribution in [3.63, 3.8) is 0 Å². The molecule has 1 saturated heterocycles. The molecule has 6 heteroatoms. The summed E-state index contributed by atoms with van der Waals surface area (Å²) in [6.45, 7) is 2.63. The van der Waals surface area contributed by atoms with Gasteiger partial charge in [0.15, 0.2) is 0 Å². The van der Waals surface area contributed by atoms with Gasteiger partial charge in [-0.3, -0.25) is 9.69 Å². The highest BCUT2D eigenvalue weighted by Gasteiger charge is 2.28. The lowest BCUT2D eigenvalue weighted by Gasteiger charge is -2.37. The number of anilines is 2. The largest absolute Gasteiger partial charge is 0.336 e. The molecule has 0 saturated carbocycles. The zero-order valence-corrected chi connectivity index (χ0v) is 17.3. The highest BCUT2D eigenvalue weighted by atomic mass is 16.2. The standard InChI is InChI=1S/C24H30N4O2/c29-23(28-16-8-10-19-9-4-5-14-22(19)28)18-27-15-7-6-13-21(27)17-25-24(30)26-20-11-2-1-3-12-20/h1-5,9,11-12,14,21H,6-8,10,13,15-18H2,(H2,25,26,30). The summed E-state index contributed by atoms with van der Waals surface area (Å²) < 4.78 is 0. The van der Waals surface area contributed by atoms with Crippen molar-refractivity contribution in [3.05, 3.63) is 60.2 Å². The number of aryl methyl sites for hydroxylation is 1. The zero-order chi connectivity index (χ0) is 20.8. The number of nitrogens with one attached hydrogen (secondary N) is 2. The lowest BCUT2D eigenvalue weighted by Crippen LogP contribution is -2.51. The quantitative estimate of drug-likeness (QED) is 0.797. The first-order chi connectivity index (χ1) is 14.7. The minimum absolute atomic E-state index is 0.155. The first kappa shape index (κ1) is 20.4. The van der Waals surface area contributed by atoms with Gasteiger partial charge in [-0.1, -0.05) is 42.8 Å². The summed E-state index contributed by atoms with van der Waals surface area (Å²) >= 11 is 0. The number of carbonyl (C=O) groups excluding carboxylic acids is 2. The molecule has 2 heterocycles. The molecule has 1 atom stereocenters. The van der Waals surface area contributed by atoms with Crippen molar-refractivity contribution in [2.75, 3.05) is 36.4 Å². The van der Waals surface area contributed by atoms with Crippen LogP contribution in [0.2, 0.25) is 0 Å². The maximum atomic E-state index is 13.1. The summed E-state index contributed by atoms with van der Waals surface area (Å²) in [6, 6.07) is 17.6. The van der Waals surface area contributed by atoms with Crippen LogP contribution >= 0.6 is 0 Å². The van der Waals surface area contributed by atoms with Crippen LogP contribution in [0.1, 0.15) is 31.2 Å². The Morgan fingerprint density at radius 3 is 2.60 bits per heavy atom. The molecule has 0 aromatic heterocycles. The minimum Gasteiger partial charge on any atom is -0.336 e. The highest BCUT2D eigenvalue weighted by Crippen LogP contribution is 2.27. The average Bonchev–Trinajstić information content (AvgIpc) is 2.79. The number of benzene rings is 2. The number of fused-ring (bicyclic) bond motifs is 1. The Kier molecular flexibility index (Phi) is 6.64. The van der Waals surface area contributed by atoms with Gasteiger partial charge in [0.05, 0.1) is 6.54 Å². The van der Waals surface area contributed by atoms with E-state index in [-0.39, 0.29) is 18.0 Å². The highest BCUT2D eigenvalue weighted by molar-refractivity contribution is 5.96. The summed E-state index contributed by atoms with van der Waals surface area (Å²) in [4.78, 5) is 29.6. The molecule has 2 aromatic carbocycles. The van der Waals surface area contributed by atoms with Gasteiger partial charge in [0.25, 0.3) is 0 Å². The van der Waals surface area contributed by atoms with E-state index in [0.29, 0.717) is 13.1 Å². The fraction of sp³-hybridized carbons (Fsp3) is 0.417. The topological polar surface area (TPSA) is 64.7 Å². The number of carbonyl (C=O) groups is 2. The Bertz CT molecular complexity index is 871. The van der Waals surface area contributed by atoms with Crippen LogP contribution in [0.15, 0.2) is 54.6 Å². The van der Waals surface area contributed by atoms with E-state index in [9.17, 15) is 9.59 Å². The second-order valence-electron chi connectivity index (χ2n) is 8.10. The van der Waals surface area contributed by atoms with Crippen molar-refractivity contribution >= 4 is 23.3 Å². The number of hydrogen-bond donors (Lipinski definition) is 2. The molecule has 2 aliphatic rings. The Morgan fingerprint density at radius 1 is 0.933 bits per heavy atom. The lowest BCUT2D eigenvalue weighted by atomic mass is 10.0. The molecule has 2 N–H and O–H groups in total. The normalized spacial score (nSPS) is 19.1. The fourth-order valence-electron chi connectivity index (χ4n) is 4.46. The van der Waals surface area contributed by atoms with Gasteiger partial charge in [0.1, 0.15) is 0 Å². The van der Waals surface area contributed by atoms with Crippen LogP contribution in [0, 0.1) is 0 Å². The number of hydrogen-bond acceptors (Lipinski definition) is 3. The molecular formula is C24H30N4O2. The predicted molar refractivity (Wildman–Crippen MR) is 120 cm³/mol. The van der Waals surface area contributed by atoms with Gasteiger partial charge in [0.2, 0.25) is 5.91 Å². The molecule has 2 aromatic rings. The molecule has 1 fully saturated rings. The van der Waals surface area contributed by atoms with E-state index >= 15 is 0 Å². The van der Waals surface area contributed by atoms with Gasteiger partial charge in [-0.15, -0.1) is 0 Å². The van der Waals surface area contributed by atoms with E-state index in [0.717, 1.165) is 56.6 Å². The average molecular weight is 407 g/mol. The van der Waals surface area contributed by atoms with E-state index in [1.807, 2.05) is 47.4 Å². The number of nitrogens with zero attached hydrogens (tertiary/aromatic N) is 2. The molecule has 3 amide bonds. The minimum atomic E-state index is -0.206. The molecule has 158 valence electrons. The number of rotatable bonds is 5. The van der Waals surface area contributed by atoms with Crippen molar-refractivity contribution < 1.29 is 9.59 Å². The van der Waals surface area contributed by atoms with Gasteiger partial charge in [-0.2, -0.15) is 0 Å². The molecule has 6 nitrogen and oxygen atoms in total. The maximum Gasteiger partial charge on any atom is 0.319 e. The van der Waals surface area contributed by atoms with Gasteiger partial charge >= 0.3 is 6.03 Å². The number of piperidine rings is 1. The molecule has 0 bridgehead atoms. The number of urea groups is 1. The third-order valence-corrected chi connectivity index (χ3v) is 6.03. The molecule has 4 rings (SSSR count). The summed E-state index contributed by atoms with van der Waals surface area (Å²) in [7, 11) is 0. The third kappa shape index (κ3) is 5.00. The van der Waals surface area contributed by atoms with Crippen molar-refractivity contribution in [1.29, 1.82) is 0 Å². The Morgan fingerprint density at radius 2 is 1.73 bits per heavy atom. The molecule has 2 aliphatic heterocycles. The summed E-state index contributed by atoms with van der Waals surface area (Å²) in [5, 5.41) is 5.84. The SMILES string of the molecule is O=C(NCC1CCCCN1CC(=O)N1CCCc2ccccc21)Nc1ccccc1. The second kappa shape index (κ2) is 9.76. The van der Waals surface area contributed by atoms with Crippen LogP contribution in [0.25, 0.3) is 0 Å². The van der Waals surface area contributed by atoms with Crippen molar-refractivity contribution in [3.8, 4) is 0 Å². The van der Waals surface area contributed by atoms with E-state index in [4.69, 9.17) is 0 Å². The third-order valence-electron chi connectivity index (χ3n) is 6.03. The molecular weight excluding hydrogens is 376 g/mol. The molecule has 0 aliphatic carbocycles. The van der Waals surface area contributed by atoms with Gasteiger partial charge in [0, 0.05) is 30.5 Å². The van der Waals surface area contributed by atoms with E-state index in [1.165, 1.54) is 5.56 Å². The van der Waals surface area contributed by atoms with Crippen molar-refractivity contribution in [2.24, 2.45) is 0 Å². The summed E-state index contributed by atoms with van der Waals surface area (Å²) in [6.07, 6.45) is 5.26. The molecule has 0 spiro atoms. The zero-order valence-electron chi connectivity index (χ0n) is 17.3. The molecule has 30 heavy (non-hydrogen) atoms. The van der Waals surface area contributed by atoms with Crippen LogP contribution in [0.3, 0.4) is 0 Å². The molecule has 0 radical (unpaired) electrons. The number of para-hydroxylation sites is 2. The Hall–Kier alpha value is -2.86. The van der Waals surface area contributed by atoms with Crippen LogP contribution in [0.5, 0.6) is 0 Å². The Balaban J connectivity index is 1.34. The van der Waals surface area contributed by atoms with E-state index < -0.39 is 0 Å². The molecule has 1 unspecified atom stereocenters. The second-order valence-corrected chi connectivity index (χ2v) is 8.10. The van der Waals surface area contributed by atoms with Crippen LogP contribution in [-0.2, 0) is 11.2 Å². The van der Waals surface area contributed by atoms with Crippen molar-refractivity contribution in [1.82, 2.24) is 10.2 Å².